The second kappa shape index (κ2) is 6.71. The molecule has 28 heavy (non-hydrogen) atoms. The number of benzene rings is 2. The number of hydrazone groups is 1. The number of halogens is 1. The third-order valence-electron chi connectivity index (χ3n) is 5.69. The Morgan fingerprint density at radius 1 is 1.14 bits per heavy atom. The number of aliphatic carboxylic acids is 1. The van der Waals surface area contributed by atoms with E-state index in [1.165, 1.54) is 5.01 Å². The second-order valence-corrected chi connectivity index (χ2v) is 8.19. The highest BCUT2D eigenvalue weighted by Gasteiger charge is 2.60. The molecule has 4 rings (SSSR count). The van der Waals surface area contributed by atoms with Crippen LogP contribution in [0.1, 0.15) is 31.7 Å². The van der Waals surface area contributed by atoms with Crippen molar-refractivity contribution in [2.24, 2.45) is 10.5 Å². The van der Waals surface area contributed by atoms with Crippen LogP contribution >= 0.6 is 15.9 Å². The summed E-state index contributed by atoms with van der Waals surface area (Å²) in [5.41, 5.74) is 2.12. The molecule has 1 aliphatic carbocycles. The minimum Gasteiger partial charge on any atom is -0.478 e. The molecule has 142 valence electrons. The summed E-state index contributed by atoms with van der Waals surface area (Å²) in [6, 6.07) is 16.7. The highest BCUT2D eigenvalue weighted by molar-refractivity contribution is 9.10. The summed E-state index contributed by atoms with van der Waals surface area (Å²) < 4.78 is 0.898. The molecule has 1 N–H and O–H groups in total. The highest BCUT2D eigenvalue weighted by atomic mass is 79.9. The predicted octanol–water partition coefficient (Wildman–Crippen LogP) is 4.75. The molecular weight excluding hydrogens is 420 g/mol. The molecule has 0 radical (unpaired) electrons. The van der Waals surface area contributed by atoms with Gasteiger partial charge in [0.05, 0.1) is 11.4 Å². The van der Waals surface area contributed by atoms with Gasteiger partial charge in [0.15, 0.2) is 0 Å². The van der Waals surface area contributed by atoms with Crippen molar-refractivity contribution in [2.45, 2.75) is 26.2 Å². The molecule has 0 saturated heterocycles. The number of anilines is 1. The molecule has 0 fully saturated rings. The zero-order chi connectivity index (χ0) is 20.1. The molecule has 2 atom stereocenters. The smallest absolute Gasteiger partial charge is 0.332 e. The summed E-state index contributed by atoms with van der Waals surface area (Å²) in [5, 5.41) is 15.9. The Kier molecular flexibility index (Phi) is 4.46. The molecule has 1 heterocycles. The fourth-order valence-electron chi connectivity index (χ4n) is 4.43. The van der Waals surface area contributed by atoms with Crippen molar-refractivity contribution in [2.75, 3.05) is 5.01 Å². The average molecular weight is 439 g/mol. The first kappa shape index (κ1) is 18.6. The van der Waals surface area contributed by atoms with E-state index in [1.54, 1.807) is 6.92 Å². The maximum atomic E-state index is 13.7. The average Bonchev–Trinajstić information content (AvgIpc) is 3.13. The number of para-hydroxylation sites is 1. The van der Waals surface area contributed by atoms with Gasteiger partial charge in [-0.1, -0.05) is 51.8 Å². The van der Waals surface area contributed by atoms with Gasteiger partial charge < -0.3 is 5.11 Å². The van der Waals surface area contributed by atoms with Crippen molar-refractivity contribution in [3.05, 3.63) is 75.8 Å². The number of allylic oxidation sites excluding steroid dienone is 1. The third kappa shape index (κ3) is 2.63. The molecule has 2 aliphatic rings. The van der Waals surface area contributed by atoms with E-state index in [2.05, 4.69) is 21.0 Å². The van der Waals surface area contributed by atoms with Crippen molar-refractivity contribution in [3.63, 3.8) is 0 Å². The fourth-order valence-corrected chi connectivity index (χ4v) is 4.69. The van der Waals surface area contributed by atoms with Crippen LogP contribution in [-0.4, -0.2) is 22.7 Å². The van der Waals surface area contributed by atoms with E-state index >= 15 is 0 Å². The second-order valence-electron chi connectivity index (χ2n) is 7.27. The van der Waals surface area contributed by atoms with Gasteiger partial charge in [0.25, 0.3) is 5.91 Å². The van der Waals surface area contributed by atoms with Crippen LogP contribution in [0.25, 0.3) is 0 Å². The molecule has 0 saturated carbocycles. The van der Waals surface area contributed by atoms with Crippen LogP contribution in [0.5, 0.6) is 0 Å². The van der Waals surface area contributed by atoms with E-state index in [1.807, 2.05) is 61.5 Å². The van der Waals surface area contributed by atoms with Crippen molar-refractivity contribution in [1.29, 1.82) is 0 Å². The molecule has 1 amide bonds. The lowest BCUT2D eigenvalue weighted by Gasteiger charge is -2.31. The van der Waals surface area contributed by atoms with Gasteiger partial charge in [-0.15, -0.1) is 0 Å². The van der Waals surface area contributed by atoms with Gasteiger partial charge in [-0.05, 0) is 50.1 Å². The lowest BCUT2D eigenvalue weighted by atomic mass is 9.68. The van der Waals surface area contributed by atoms with Crippen molar-refractivity contribution in [1.82, 2.24) is 0 Å². The van der Waals surface area contributed by atoms with Gasteiger partial charge in [-0.2, -0.15) is 10.1 Å². The molecule has 1 spiro atoms. The number of hydrogen-bond acceptors (Lipinski definition) is 3. The van der Waals surface area contributed by atoms with Gasteiger partial charge in [0, 0.05) is 16.0 Å². The summed E-state index contributed by atoms with van der Waals surface area (Å²) in [7, 11) is 0. The minimum atomic E-state index is -1.01. The minimum absolute atomic E-state index is 0.181. The van der Waals surface area contributed by atoms with E-state index in [-0.39, 0.29) is 5.91 Å². The van der Waals surface area contributed by atoms with E-state index in [4.69, 9.17) is 0 Å². The number of carbonyl (C=O) groups is 2. The van der Waals surface area contributed by atoms with Crippen LogP contribution in [0.2, 0.25) is 0 Å². The number of hydrogen-bond donors (Lipinski definition) is 1. The van der Waals surface area contributed by atoms with Crippen LogP contribution < -0.4 is 5.01 Å². The van der Waals surface area contributed by atoms with Gasteiger partial charge in [-0.3, -0.25) is 4.79 Å². The number of rotatable bonds is 3. The number of amides is 1. The number of carboxylic acid groups (broad SMARTS) is 1. The maximum absolute atomic E-state index is 13.7. The molecule has 0 bridgehead atoms. The van der Waals surface area contributed by atoms with Crippen LogP contribution in [0.3, 0.4) is 0 Å². The lowest BCUT2D eigenvalue weighted by Crippen LogP contribution is -2.42. The largest absolute Gasteiger partial charge is 0.478 e. The molecule has 0 aromatic heterocycles. The van der Waals surface area contributed by atoms with Crippen LogP contribution in [-0.2, 0) is 9.59 Å². The predicted molar refractivity (Wildman–Crippen MR) is 111 cm³/mol. The Morgan fingerprint density at radius 2 is 1.79 bits per heavy atom. The zero-order valence-corrected chi connectivity index (χ0v) is 17.1. The van der Waals surface area contributed by atoms with E-state index in [0.29, 0.717) is 23.4 Å². The lowest BCUT2D eigenvalue weighted by molar-refractivity contribution is -0.133. The molecule has 6 heteroatoms. The zero-order valence-electron chi connectivity index (χ0n) is 15.5. The quantitative estimate of drug-likeness (QED) is 0.751. The summed E-state index contributed by atoms with van der Waals surface area (Å²) in [5.74, 6) is -1.75. The van der Waals surface area contributed by atoms with Crippen molar-refractivity contribution >= 4 is 39.2 Å². The first-order valence-electron chi connectivity index (χ1n) is 9.00. The molecule has 2 aromatic carbocycles. The van der Waals surface area contributed by atoms with Gasteiger partial charge in [-0.25, -0.2) is 4.79 Å². The van der Waals surface area contributed by atoms with Crippen LogP contribution in [0, 0.1) is 5.41 Å². The fraction of sp³-hybridized carbons (Fsp3) is 0.227. The summed E-state index contributed by atoms with van der Waals surface area (Å²) in [6.07, 6.45) is 0.354. The molecule has 1 aliphatic heterocycles. The van der Waals surface area contributed by atoms with Crippen LogP contribution in [0.4, 0.5) is 5.69 Å². The van der Waals surface area contributed by atoms with Gasteiger partial charge in [0.2, 0.25) is 0 Å². The van der Waals surface area contributed by atoms with Crippen molar-refractivity contribution in [3.8, 4) is 0 Å². The maximum Gasteiger partial charge on any atom is 0.332 e. The van der Waals surface area contributed by atoms with Gasteiger partial charge in [0.1, 0.15) is 5.41 Å². The first-order valence-corrected chi connectivity index (χ1v) is 9.79. The number of nitrogens with zero attached hydrogens (tertiary/aromatic N) is 2. The highest BCUT2D eigenvalue weighted by Crippen LogP contribution is 2.56. The van der Waals surface area contributed by atoms with Gasteiger partial charge >= 0.3 is 5.97 Å². The topological polar surface area (TPSA) is 70.0 Å². The Bertz CT molecular complexity index is 1030. The summed E-state index contributed by atoms with van der Waals surface area (Å²) in [4.78, 5) is 25.8. The Morgan fingerprint density at radius 3 is 2.39 bits per heavy atom. The van der Waals surface area contributed by atoms with Crippen LogP contribution in [0.15, 0.2) is 75.3 Å². The SMILES string of the molecule is CC1=NN(c2ccccc2)C(=O)[C@]12CC(C)=C(C(=O)O)[C@H]2c1ccc(Br)cc1. The number of carbonyl (C=O) groups excluding carboxylic acids is 1. The normalized spacial score (nSPS) is 24.2. The monoisotopic (exact) mass is 438 g/mol. The van der Waals surface area contributed by atoms with E-state index < -0.39 is 17.3 Å². The summed E-state index contributed by atoms with van der Waals surface area (Å²) in [6.45, 7) is 3.63. The van der Waals surface area contributed by atoms with E-state index in [0.717, 1.165) is 15.6 Å². The number of carboxylic acids is 1. The Labute approximate surface area is 171 Å². The Balaban J connectivity index is 1.88. The molecule has 2 aromatic rings. The van der Waals surface area contributed by atoms with E-state index in [9.17, 15) is 14.7 Å². The molecule has 5 nitrogen and oxygen atoms in total. The first-order chi connectivity index (χ1) is 13.4. The third-order valence-corrected chi connectivity index (χ3v) is 6.22. The molecular formula is C22H19BrN2O3. The van der Waals surface area contributed by atoms with Crippen molar-refractivity contribution < 1.29 is 14.7 Å². The molecule has 0 unspecified atom stereocenters. The Hall–Kier alpha value is -2.73. The standard InChI is InChI=1S/C22H19BrN2O3/c1-13-12-22(14(2)24-25(21(22)28)17-6-4-3-5-7-17)19(18(13)20(26)27)15-8-10-16(23)11-9-15/h3-11,19H,12H2,1-2H3,(H,26,27)/t19-,22-/m1/s1. The summed E-state index contributed by atoms with van der Waals surface area (Å²) >= 11 is 3.42.